The van der Waals surface area contributed by atoms with E-state index in [2.05, 4.69) is 0 Å². The Morgan fingerprint density at radius 3 is 2.60 bits per heavy atom. The second kappa shape index (κ2) is 3.96. The van der Waals surface area contributed by atoms with Crippen LogP contribution in [0.4, 0.5) is 0 Å². The molecule has 1 saturated carbocycles. The van der Waals surface area contributed by atoms with E-state index in [4.69, 9.17) is 9.68 Å². The lowest BCUT2D eigenvalue weighted by atomic mass is 9.94. The lowest BCUT2D eigenvalue weighted by Gasteiger charge is -2.26. The van der Waals surface area contributed by atoms with Crippen molar-refractivity contribution >= 4 is 7.69 Å². The molecule has 1 fully saturated rings. The van der Waals surface area contributed by atoms with Crippen molar-refractivity contribution in [2.75, 3.05) is 0 Å². The Labute approximate surface area is 61.3 Å². The van der Waals surface area contributed by atoms with Gasteiger partial charge in [0.15, 0.2) is 0 Å². The minimum absolute atomic E-state index is 0.182. The Bertz CT molecular complexity index is 97.0. The van der Waals surface area contributed by atoms with Crippen LogP contribution >= 0.6 is 0 Å². The predicted octanol–water partition coefficient (Wildman–Crippen LogP) is -0.167. The number of hydrogen-bond acceptors (Lipinski definition) is 3. The zero-order valence-electron chi connectivity index (χ0n) is 5.86. The maximum atomic E-state index is 9.24. The predicted molar refractivity (Wildman–Crippen MR) is 37.3 cm³/mol. The van der Waals surface area contributed by atoms with E-state index in [-0.39, 0.29) is 6.10 Å². The van der Waals surface area contributed by atoms with Crippen LogP contribution in [-0.2, 0) is 4.65 Å². The van der Waals surface area contributed by atoms with Gasteiger partial charge in [-0.3, -0.25) is 0 Å². The molecule has 0 bridgehead atoms. The molecule has 0 aromatic carbocycles. The molecule has 0 aromatic rings. The van der Waals surface area contributed by atoms with Gasteiger partial charge in [-0.2, -0.15) is 0 Å². The summed E-state index contributed by atoms with van der Waals surface area (Å²) in [5, 5.41) is 17.5. The molecule has 57 valence electrons. The maximum absolute atomic E-state index is 9.24. The van der Waals surface area contributed by atoms with Crippen molar-refractivity contribution < 1.29 is 14.8 Å². The first kappa shape index (κ1) is 8.05. The first-order chi connectivity index (χ1) is 4.84. The first-order valence-electron chi connectivity index (χ1n) is 3.64. The fourth-order valence-electron chi connectivity index (χ4n) is 1.31. The van der Waals surface area contributed by atoms with Crippen LogP contribution in [0.25, 0.3) is 0 Å². The molecule has 2 unspecified atom stereocenters. The van der Waals surface area contributed by atoms with Crippen LogP contribution in [0.2, 0.25) is 0 Å². The largest absolute Gasteiger partial charge is 0.485 e. The molecule has 0 spiro atoms. The number of rotatable bonds is 2. The third-order valence-electron chi connectivity index (χ3n) is 1.90. The molecular weight excluding hydrogens is 131 g/mol. The van der Waals surface area contributed by atoms with Crippen molar-refractivity contribution in [3.63, 3.8) is 0 Å². The summed E-state index contributed by atoms with van der Waals surface area (Å²) in [6, 6.07) is 0. The van der Waals surface area contributed by atoms with Crippen LogP contribution in [-0.4, -0.2) is 30.0 Å². The van der Waals surface area contributed by atoms with Crippen LogP contribution in [0.1, 0.15) is 25.7 Å². The summed E-state index contributed by atoms with van der Waals surface area (Å²) in [6.45, 7) is 0. The fraction of sp³-hybridized carbons (Fsp3) is 1.00. The number of hydrogen-bond donors (Lipinski definition) is 2. The molecule has 0 saturated heterocycles. The topological polar surface area (TPSA) is 49.7 Å². The van der Waals surface area contributed by atoms with Gasteiger partial charge in [-0.05, 0) is 12.8 Å². The summed E-state index contributed by atoms with van der Waals surface area (Å²) in [5.41, 5.74) is 0. The molecule has 0 aromatic heterocycles. The number of aliphatic hydroxyl groups excluding tert-OH is 1. The summed E-state index contributed by atoms with van der Waals surface area (Å²) < 4.78 is 4.78. The molecule has 0 heterocycles. The van der Waals surface area contributed by atoms with E-state index in [1.54, 1.807) is 0 Å². The van der Waals surface area contributed by atoms with Gasteiger partial charge in [-0.25, -0.2) is 0 Å². The summed E-state index contributed by atoms with van der Waals surface area (Å²) in [5.74, 6) is 0. The Kier molecular flexibility index (Phi) is 3.18. The molecule has 2 atom stereocenters. The van der Waals surface area contributed by atoms with Gasteiger partial charge < -0.3 is 14.8 Å². The molecule has 4 heteroatoms. The fourth-order valence-corrected chi connectivity index (χ4v) is 1.31. The van der Waals surface area contributed by atoms with Gasteiger partial charge in [0.05, 0.1) is 12.2 Å². The van der Waals surface area contributed by atoms with Crippen molar-refractivity contribution in [1.29, 1.82) is 0 Å². The average molecular weight is 143 g/mol. The van der Waals surface area contributed by atoms with E-state index in [1.807, 2.05) is 0 Å². The Hall–Kier alpha value is -0.0551. The minimum atomic E-state index is -0.392. The second-order valence-electron chi connectivity index (χ2n) is 2.63. The highest BCUT2D eigenvalue weighted by Crippen LogP contribution is 2.20. The van der Waals surface area contributed by atoms with Crippen LogP contribution in [0.15, 0.2) is 0 Å². The van der Waals surface area contributed by atoms with Crippen LogP contribution in [0.3, 0.4) is 0 Å². The third-order valence-corrected chi connectivity index (χ3v) is 1.90. The maximum Gasteiger partial charge on any atom is 0.485 e. The molecule has 1 aliphatic carbocycles. The van der Waals surface area contributed by atoms with Crippen molar-refractivity contribution in [3.8, 4) is 0 Å². The SMILES string of the molecule is O[B]OC1CCCCC1O. The standard InChI is InChI=1S/C6H12BO3/c8-5-3-1-2-4-6(5)10-7-9/h5-6,8-9H,1-4H2. The molecule has 1 radical (unpaired) electrons. The van der Waals surface area contributed by atoms with E-state index in [0.717, 1.165) is 25.7 Å². The molecule has 2 N–H and O–H groups in total. The minimum Gasteiger partial charge on any atom is -0.429 e. The first-order valence-corrected chi connectivity index (χ1v) is 3.64. The normalized spacial score (nSPS) is 33.8. The van der Waals surface area contributed by atoms with E-state index < -0.39 is 6.10 Å². The monoisotopic (exact) mass is 143 g/mol. The molecule has 3 nitrogen and oxygen atoms in total. The highest BCUT2D eigenvalue weighted by molar-refractivity contribution is 6.15. The van der Waals surface area contributed by atoms with Gasteiger partial charge in [0.25, 0.3) is 0 Å². The Morgan fingerprint density at radius 2 is 2.00 bits per heavy atom. The van der Waals surface area contributed by atoms with Gasteiger partial charge in [0, 0.05) is 0 Å². The Balaban J connectivity index is 2.25. The van der Waals surface area contributed by atoms with Gasteiger partial charge in [0.1, 0.15) is 0 Å². The van der Waals surface area contributed by atoms with Gasteiger partial charge in [0.2, 0.25) is 0 Å². The molecule has 0 amide bonds. The summed E-state index contributed by atoms with van der Waals surface area (Å²) in [6.07, 6.45) is 3.20. The van der Waals surface area contributed by atoms with Crippen LogP contribution in [0, 0.1) is 0 Å². The van der Waals surface area contributed by atoms with Gasteiger partial charge in [-0.1, -0.05) is 12.8 Å². The number of aliphatic hydroxyl groups is 1. The average Bonchev–Trinajstić information content (AvgIpc) is 1.94. The van der Waals surface area contributed by atoms with Crippen molar-refractivity contribution in [2.45, 2.75) is 37.9 Å². The highest BCUT2D eigenvalue weighted by Gasteiger charge is 2.22. The summed E-state index contributed by atoms with van der Waals surface area (Å²) >= 11 is 0. The summed E-state index contributed by atoms with van der Waals surface area (Å²) in [4.78, 5) is 0. The van der Waals surface area contributed by atoms with E-state index in [1.165, 1.54) is 0 Å². The zero-order valence-corrected chi connectivity index (χ0v) is 5.86. The van der Waals surface area contributed by atoms with Gasteiger partial charge >= 0.3 is 7.69 Å². The van der Waals surface area contributed by atoms with Gasteiger partial charge in [-0.15, -0.1) is 0 Å². The van der Waals surface area contributed by atoms with E-state index >= 15 is 0 Å². The van der Waals surface area contributed by atoms with E-state index in [9.17, 15) is 5.11 Å². The molecular formula is C6H12BO3. The molecule has 10 heavy (non-hydrogen) atoms. The molecule has 0 aliphatic heterocycles. The van der Waals surface area contributed by atoms with E-state index in [0.29, 0.717) is 7.69 Å². The Morgan fingerprint density at radius 1 is 1.30 bits per heavy atom. The van der Waals surface area contributed by atoms with Crippen molar-refractivity contribution in [2.24, 2.45) is 0 Å². The molecule has 1 aliphatic rings. The lowest BCUT2D eigenvalue weighted by Crippen LogP contribution is -2.33. The zero-order chi connectivity index (χ0) is 7.40. The van der Waals surface area contributed by atoms with Crippen LogP contribution < -0.4 is 0 Å². The molecule has 1 rings (SSSR count). The third kappa shape index (κ3) is 1.97. The van der Waals surface area contributed by atoms with Crippen molar-refractivity contribution in [1.82, 2.24) is 0 Å². The van der Waals surface area contributed by atoms with Crippen molar-refractivity contribution in [3.05, 3.63) is 0 Å². The van der Waals surface area contributed by atoms with Crippen LogP contribution in [0.5, 0.6) is 0 Å². The quantitative estimate of drug-likeness (QED) is 0.527. The summed E-state index contributed by atoms with van der Waals surface area (Å²) in [7, 11) is 0.666. The lowest BCUT2D eigenvalue weighted by molar-refractivity contribution is 0.00128. The highest BCUT2D eigenvalue weighted by atomic mass is 16.5. The second-order valence-corrected chi connectivity index (χ2v) is 2.63. The smallest absolute Gasteiger partial charge is 0.429 e.